The Balaban J connectivity index is 1.46. The molecule has 0 bridgehead atoms. The molecule has 0 saturated carbocycles. The number of hydrogen-bond acceptors (Lipinski definition) is 2. The maximum atomic E-state index is 13.9. The minimum absolute atomic E-state index is 0.125. The number of fused-ring (bicyclic) bond motifs is 1. The van der Waals surface area contributed by atoms with Crippen LogP contribution < -0.4 is 4.90 Å². The Morgan fingerprint density at radius 2 is 1.46 bits per heavy atom. The molecule has 0 N–H and O–H groups in total. The first kappa shape index (κ1) is 15.2. The first-order chi connectivity index (χ1) is 11.8. The topological polar surface area (TPSA) is 6.48 Å². The molecule has 4 rings (SSSR count). The third-order valence-corrected chi connectivity index (χ3v) is 4.84. The number of nitrogens with zero attached hydrogens (tertiary/aromatic N) is 2. The summed E-state index contributed by atoms with van der Waals surface area (Å²) in [6.07, 6.45) is 0. The smallest absolute Gasteiger partial charge is 0.146 e. The zero-order valence-electron chi connectivity index (χ0n) is 13.7. The molecule has 1 aliphatic rings. The predicted octanol–water partition coefficient (Wildman–Crippen LogP) is 4.30. The molecule has 2 nitrogen and oxygen atoms in total. The summed E-state index contributed by atoms with van der Waals surface area (Å²) < 4.78 is 13.9. The Labute approximate surface area is 142 Å². The highest BCUT2D eigenvalue weighted by molar-refractivity contribution is 5.85. The standard InChI is InChI=1S/C21H21FN2/c22-20-10-3-4-11-21(20)24-14-12-23(13-15-24)16-18-8-5-7-17-6-1-2-9-19(17)18/h1-11H,12-16H2. The van der Waals surface area contributed by atoms with Gasteiger partial charge in [-0.2, -0.15) is 0 Å². The molecule has 1 heterocycles. The fourth-order valence-corrected chi connectivity index (χ4v) is 3.53. The van der Waals surface area contributed by atoms with Crippen LogP contribution >= 0.6 is 0 Å². The Hall–Kier alpha value is -2.39. The number of piperazine rings is 1. The highest BCUT2D eigenvalue weighted by Gasteiger charge is 2.19. The molecule has 0 amide bonds. The van der Waals surface area contributed by atoms with Crippen LogP contribution in [0.1, 0.15) is 5.56 Å². The van der Waals surface area contributed by atoms with Gasteiger partial charge < -0.3 is 4.90 Å². The van der Waals surface area contributed by atoms with Crippen LogP contribution in [-0.4, -0.2) is 31.1 Å². The van der Waals surface area contributed by atoms with Gasteiger partial charge in [0, 0.05) is 32.7 Å². The van der Waals surface area contributed by atoms with E-state index in [0.717, 1.165) is 38.4 Å². The highest BCUT2D eigenvalue weighted by atomic mass is 19.1. The van der Waals surface area contributed by atoms with Crippen molar-refractivity contribution in [1.29, 1.82) is 0 Å². The average Bonchev–Trinajstić information content (AvgIpc) is 2.63. The van der Waals surface area contributed by atoms with E-state index in [2.05, 4.69) is 52.3 Å². The van der Waals surface area contributed by atoms with Crippen LogP contribution in [0.4, 0.5) is 10.1 Å². The number of hydrogen-bond donors (Lipinski definition) is 0. The zero-order valence-corrected chi connectivity index (χ0v) is 13.7. The highest BCUT2D eigenvalue weighted by Crippen LogP contribution is 2.23. The van der Waals surface area contributed by atoms with Gasteiger partial charge in [-0.05, 0) is 28.5 Å². The van der Waals surface area contributed by atoms with Crippen molar-refractivity contribution in [2.75, 3.05) is 31.1 Å². The molecule has 0 unspecified atom stereocenters. The van der Waals surface area contributed by atoms with E-state index in [1.807, 2.05) is 12.1 Å². The molecule has 3 aromatic carbocycles. The first-order valence-corrected chi connectivity index (χ1v) is 8.50. The van der Waals surface area contributed by atoms with E-state index in [4.69, 9.17) is 0 Å². The van der Waals surface area contributed by atoms with Crippen molar-refractivity contribution in [1.82, 2.24) is 4.90 Å². The fraction of sp³-hybridized carbons (Fsp3) is 0.238. The number of anilines is 1. The number of halogens is 1. The zero-order chi connectivity index (χ0) is 16.4. The minimum Gasteiger partial charge on any atom is -0.367 e. The van der Waals surface area contributed by atoms with Gasteiger partial charge in [0.1, 0.15) is 5.82 Å². The van der Waals surface area contributed by atoms with Gasteiger partial charge in [0.25, 0.3) is 0 Å². The van der Waals surface area contributed by atoms with Gasteiger partial charge in [-0.25, -0.2) is 4.39 Å². The van der Waals surface area contributed by atoms with Gasteiger partial charge in [0.15, 0.2) is 0 Å². The van der Waals surface area contributed by atoms with Gasteiger partial charge in [0.2, 0.25) is 0 Å². The maximum Gasteiger partial charge on any atom is 0.146 e. The summed E-state index contributed by atoms with van der Waals surface area (Å²) in [7, 11) is 0. The molecule has 3 aromatic rings. The summed E-state index contributed by atoms with van der Waals surface area (Å²) >= 11 is 0. The second-order valence-corrected chi connectivity index (χ2v) is 6.35. The Bertz CT molecular complexity index is 833. The number of benzene rings is 3. The molecule has 1 aliphatic heterocycles. The summed E-state index contributed by atoms with van der Waals surface area (Å²) in [4.78, 5) is 4.61. The van der Waals surface area contributed by atoms with E-state index in [1.165, 1.54) is 22.4 Å². The largest absolute Gasteiger partial charge is 0.367 e. The van der Waals surface area contributed by atoms with Gasteiger partial charge in [-0.1, -0.05) is 54.6 Å². The van der Waals surface area contributed by atoms with E-state index < -0.39 is 0 Å². The van der Waals surface area contributed by atoms with Crippen molar-refractivity contribution < 1.29 is 4.39 Å². The van der Waals surface area contributed by atoms with E-state index >= 15 is 0 Å². The Kier molecular flexibility index (Phi) is 4.18. The van der Waals surface area contributed by atoms with Crippen LogP contribution in [0.3, 0.4) is 0 Å². The van der Waals surface area contributed by atoms with Crippen LogP contribution in [0, 0.1) is 5.82 Å². The summed E-state index contributed by atoms with van der Waals surface area (Å²) in [6.45, 7) is 4.60. The molecule has 122 valence electrons. The van der Waals surface area contributed by atoms with Crippen molar-refractivity contribution in [3.05, 3.63) is 78.1 Å². The van der Waals surface area contributed by atoms with E-state index in [0.29, 0.717) is 0 Å². The molecule has 1 saturated heterocycles. The summed E-state index contributed by atoms with van der Waals surface area (Å²) in [6, 6.07) is 22.1. The molecule has 3 heteroatoms. The summed E-state index contributed by atoms with van der Waals surface area (Å²) in [5.74, 6) is -0.125. The van der Waals surface area contributed by atoms with Crippen LogP contribution in [0.5, 0.6) is 0 Å². The minimum atomic E-state index is -0.125. The molecule has 0 radical (unpaired) electrons. The van der Waals surface area contributed by atoms with Crippen LogP contribution in [0.25, 0.3) is 10.8 Å². The van der Waals surface area contributed by atoms with Crippen molar-refractivity contribution >= 4 is 16.5 Å². The van der Waals surface area contributed by atoms with Gasteiger partial charge in [-0.15, -0.1) is 0 Å². The molecule has 0 atom stereocenters. The van der Waals surface area contributed by atoms with Crippen LogP contribution in [0.15, 0.2) is 66.7 Å². The van der Waals surface area contributed by atoms with Crippen LogP contribution in [-0.2, 0) is 6.54 Å². The van der Waals surface area contributed by atoms with Crippen LogP contribution in [0.2, 0.25) is 0 Å². The van der Waals surface area contributed by atoms with Crippen molar-refractivity contribution in [2.24, 2.45) is 0 Å². The Morgan fingerprint density at radius 3 is 2.29 bits per heavy atom. The number of rotatable bonds is 3. The third kappa shape index (κ3) is 3.00. The van der Waals surface area contributed by atoms with Gasteiger partial charge in [-0.3, -0.25) is 4.90 Å². The fourth-order valence-electron chi connectivity index (χ4n) is 3.53. The second kappa shape index (κ2) is 6.62. The van der Waals surface area contributed by atoms with E-state index in [9.17, 15) is 4.39 Å². The lowest BCUT2D eigenvalue weighted by atomic mass is 10.0. The first-order valence-electron chi connectivity index (χ1n) is 8.50. The SMILES string of the molecule is Fc1ccccc1N1CCN(Cc2cccc3ccccc23)CC1. The molecule has 1 fully saturated rings. The number of para-hydroxylation sites is 1. The molecular weight excluding hydrogens is 299 g/mol. The Morgan fingerprint density at radius 1 is 0.750 bits per heavy atom. The van der Waals surface area contributed by atoms with Crippen molar-refractivity contribution in [3.8, 4) is 0 Å². The summed E-state index contributed by atoms with van der Waals surface area (Å²) in [5.41, 5.74) is 2.09. The average molecular weight is 320 g/mol. The van der Waals surface area contributed by atoms with Gasteiger partial charge >= 0.3 is 0 Å². The van der Waals surface area contributed by atoms with Gasteiger partial charge in [0.05, 0.1) is 5.69 Å². The molecule has 0 aliphatic carbocycles. The third-order valence-electron chi connectivity index (χ3n) is 4.84. The lowest BCUT2D eigenvalue weighted by molar-refractivity contribution is 0.250. The normalized spacial score (nSPS) is 15.8. The molecule has 24 heavy (non-hydrogen) atoms. The maximum absolute atomic E-state index is 13.9. The predicted molar refractivity (Wildman–Crippen MR) is 97.8 cm³/mol. The van der Waals surface area contributed by atoms with Crippen molar-refractivity contribution in [2.45, 2.75) is 6.54 Å². The summed E-state index contributed by atoms with van der Waals surface area (Å²) in [5, 5.41) is 2.62. The molecule has 0 aromatic heterocycles. The van der Waals surface area contributed by atoms with E-state index in [-0.39, 0.29) is 5.82 Å². The van der Waals surface area contributed by atoms with Crippen molar-refractivity contribution in [3.63, 3.8) is 0 Å². The van der Waals surface area contributed by atoms with E-state index in [1.54, 1.807) is 6.07 Å². The lowest BCUT2D eigenvalue weighted by Gasteiger charge is -2.36. The second-order valence-electron chi connectivity index (χ2n) is 6.35. The molecule has 0 spiro atoms. The quantitative estimate of drug-likeness (QED) is 0.710. The monoisotopic (exact) mass is 320 g/mol. The molecular formula is C21H21FN2. The lowest BCUT2D eigenvalue weighted by Crippen LogP contribution is -2.46.